The van der Waals surface area contributed by atoms with Crippen LogP contribution in [0.25, 0.3) is 0 Å². The number of hydrogen-bond acceptors (Lipinski definition) is 4. The molecular formula is C27H27N3O4. The van der Waals surface area contributed by atoms with E-state index in [1.54, 1.807) is 35.2 Å². The van der Waals surface area contributed by atoms with E-state index in [0.29, 0.717) is 36.2 Å². The first kappa shape index (κ1) is 23.2. The van der Waals surface area contributed by atoms with Crippen LogP contribution in [0.5, 0.6) is 0 Å². The summed E-state index contributed by atoms with van der Waals surface area (Å²) in [6.07, 6.45) is 1.09. The Morgan fingerprint density at radius 2 is 1.71 bits per heavy atom. The smallest absolute Gasteiger partial charge is 0.258 e. The van der Waals surface area contributed by atoms with Gasteiger partial charge in [-0.05, 0) is 61.7 Å². The maximum Gasteiger partial charge on any atom is 0.258 e. The predicted octanol–water partition coefficient (Wildman–Crippen LogP) is 4.23. The number of amides is 3. The summed E-state index contributed by atoms with van der Waals surface area (Å²) in [7, 11) is 0. The molecule has 0 saturated heterocycles. The predicted molar refractivity (Wildman–Crippen MR) is 131 cm³/mol. The third kappa shape index (κ3) is 5.15. The van der Waals surface area contributed by atoms with Crippen LogP contribution in [-0.2, 0) is 9.53 Å². The van der Waals surface area contributed by atoms with Gasteiger partial charge < -0.3 is 20.7 Å². The first-order valence-electron chi connectivity index (χ1n) is 11.2. The van der Waals surface area contributed by atoms with Gasteiger partial charge in [-0.1, -0.05) is 36.4 Å². The summed E-state index contributed by atoms with van der Waals surface area (Å²) in [5, 5.41) is 2.88. The quantitative estimate of drug-likeness (QED) is 0.578. The highest BCUT2D eigenvalue weighted by Crippen LogP contribution is 2.35. The molecule has 0 aromatic heterocycles. The largest absolute Gasteiger partial charge is 0.368 e. The van der Waals surface area contributed by atoms with E-state index in [2.05, 4.69) is 5.32 Å². The second-order valence-corrected chi connectivity index (χ2v) is 8.27. The fourth-order valence-corrected chi connectivity index (χ4v) is 4.16. The molecule has 1 unspecified atom stereocenters. The molecular weight excluding hydrogens is 430 g/mol. The van der Waals surface area contributed by atoms with Crippen LogP contribution in [0, 0.1) is 6.92 Å². The lowest BCUT2D eigenvalue weighted by atomic mass is 10.0. The van der Waals surface area contributed by atoms with Gasteiger partial charge >= 0.3 is 0 Å². The molecule has 3 aromatic carbocycles. The SMILES string of the molecule is Cc1ccccc1C(=O)Nc1ccc(C(=O)N2CCCC(OCC(N)=O)c3ccccc32)cc1. The van der Waals surface area contributed by atoms with Gasteiger partial charge in [0.1, 0.15) is 6.61 Å². The number of ether oxygens (including phenoxy) is 1. The van der Waals surface area contributed by atoms with Crippen LogP contribution in [0.3, 0.4) is 0 Å². The number of nitrogens with zero attached hydrogens (tertiary/aromatic N) is 1. The summed E-state index contributed by atoms with van der Waals surface area (Å²) in [6.45, 7) is 2.25. The molecule has 7 heteroatoms. The molecule has 3 N–H and O–H groups in total. The highest BCUT2D eigenvalue weighted by atomic mass is 16.5. The standard InChI is InChI=1S/C27H27N3O4/c1-18-7-2-3-8-21(18)26(32)29-20-14-12-19(13-15-20)27(33)30-16-6-11-24(34-17-25(28)31)22-9-4-5-10-23(22)30/h2-5,7-10,12-15,24H,6,11,16-17H2,1H3,(H2,28,31)(H,29,32). The van der Waals surface area contributed by atoms with E-state index < -0.39 is 5.91 Å². The van der Waals surface area contributed by atoms with Gasteiger partial charge in [-0.2, -0.15) is 0 Å². The van der Waals surface area contributed by atoms with Gasteiger partial charge in [0, 0.05) is 34.6 Å². The Kier molecular flexibility index (Phi) is 7.04. The van der Waals surface area contributed by atoms with Crippen LogP contribution in [0.4, 0.5) is 11.4 Å². The number of carbonyl (C=O) groups excluding carboxylic acids is 3. The summed E-state index contributed by atoms with van der Waals surface area (Å²) < 4.78 is 5.73. The van der Waals surface area contributed by atoms with E-state index >= 15 is 0 Å². The number of rotatable bonds is 6. The minimum atomic E-state index is -0.524. The lowest BCUT2D eigenvalue weighted by Gasteiger charge is -2.24. The second-order valence-electron chi connectivity index (χ2n) is 8.27. The Morgan fingerprint density at radius 3 is 2.44 bits per heavy atom. The van der Waals surface area contributed by atoms with Gasteiger partial charge in [-0.3, -0.25) is 14.4 Å². The highest BCUT2D eigenvalue weighted by molar-refractivity contribution is 6.08. The van der Waals surface area contributed by atoms with Crippen LogP contribution in [-0.4, -0.2) is 30.9 Å². The minimum Gasteiger partial charge on any atom is -0.368 e. The van der Waals surface area contributed by atoms with Crippen LogP contribution in [0.15, 0.2) is 72.8 Å². The number of carbonyl (C=O) groups is 3. The van der Waals surface area contributed by atoms with E-state index in [1.807, 2.05) is 49.4 Å². The number of fused-ring (bicyclic) bond motifs is 1. The fourth-order valence-electron chi connectivity index (χ4n) is 4.16. The van der Waals surface area contributed by atoms with E-state index in [4.69, 9.17) is 10.5 Å². The Morgan fingerprint density at radius 1 is 1.00 bits per heavy atom. The summed E-state index contributed by atoms with van der Waals surface area (Å²) >= 11 is 0. The maximum absolute atomic E-state index is 13.4. The number of aryl methyl sites for hydroxylation is 1. The second kappa shape index (κ2) is 10.3. The summed E-state index contributed by atoms with van der Waals surface area (Å²) in [5.74, 6) is -0.857. The van der Waals surface area contributed by atoms with Crippen molar-refractivity contribution in [2.75, 3.05) is 23.4 Å². The van der Waals surface area contributed by atoms with Crippen LogP contribution >= 0.6 is 0 Å². The van der Waals surface area contributed by atoms with Crippen molar-refractivity contribution in [1.29, 1.82) is 0 Å². The molecule has 1 heterocycles. The first-order valence-corrected chi connectivity index (χ1v) is 11.2. The van der Waals surface area contributed by atoms with Gasteiger partial charge in [0.25, 0.3) is 11.8 Å². The normalized spacial score (nSPS) is 15.2. The number of para-hydroxylation sites is 1. The van der Waals surface area contributed by atoms with Crippen LogP contribution in [0.2, 0.25) is 0 Å². The topological polar surface area (TPSA) is 102 Å². The molecule has 174 valence electrons. The average Bonchev–Trinajstić information content (AvgIpc) is 3.02. The molecule has 0 aliphatic carbocycles. The lowest BCUT2D eigenvalue weighted by molar-refractivity contribution is -0.124. The number of nitrogens with one attached hydrogen (secondary N) is 1. The van der Waals surface area contributed by atoms with Crippen molar-refractivity contribution in [2.24, 2.45) is 5.73 Å². The van der Waals surface area contributed by atoms with Crippen molar-refractivity contribution >= 4 is 29.1 Å². The zero-order valence-corrected chi connectivity index (χ0v) is 19.0. The molecule has 34 heavy (non-hydrogen) atoms. The van der Waals surface area contributed by atoms with Crippen molar-refractivity contribution in [2.45, 2.75) is 25.9 Å². The summed E-state index contributed by atoms with van der Waals surface area (Å²) in [6, 6.07) is 21.8. The molecule has 0 saturated carbocycles. The Labute approximate surface area is 198 Å². The molecule has 3 aromatic rings. The summed E-state index contributed by atoms with van der Waals surface area (Å²) in [5.41, 5.74) is 9.49. The fraction of sp³-hybridized carbons (Fsp3) is 0.222. The van der Waals surface area contributed by atoms with Gasteiger partial charge in [0.15, 0.2) is 0 Å². The number of primary amides is 1. The van der Waals surface area contributed by atoms with Crippen molar-refractivity contribution in [3.05, 3.63) is 95.1 Å². The monoisotopic (exact) mass is 457 g/mol. The van der Waals surface area contributed by atoms with E-state index in [-0.39, 0.29) is 24.5 Å². The minimum absolute atomic E-state index is 0.139. The number of nitrogens with two attached hydrogens (primary N) is 1. The number of hydrogen-bond donors (Lipinski definition) is 2. The average molecular weight is 458 g/mol. The first-order chi connectivity index (χ1) is 16.4. The Hall–Kier alpha value is -3.97. The van der Waals surface area contributed by atoms with Gasteiger partial charge in [0.2, 0.25) is 5.91 Å². The van der Waals surface area contributed by atoms with Gasteiger partial charge in [0.05, 0.1) is 6.10 Å². The van der Waals surface area contributed by atoms with Crippen LogP contribution < -0.4 is 16.0 Å². The van der Waals surface area contributed by atoms with Crippen LogP contribution in [0.1, 0.15) is 50.8 Å². The van der Waals surface area contributed by atoms with Gasteiger partial charge in [-0.15, -0.1) is 0 Å². The maximum atomic E-state index is 13.4. The molecule has 0 radical (unpaired) electrons. The third-order valence-electron chi connectivity index (χ3n) is 5.87. The Bertz CT molecular complexity index is 1210. The zero-order valence-electron chi connectivity index (χ0n) is 19.0. The molecule has 4 rings (SSSR count). The van der Waals surface area contributed by atoms with E-state index in [1.165, 1.54) is 0 Å². The highest BCUT2D eigenvalue weighted by Gasteiger charge is 2.27. The molecule has 0 bridgehead atoms. The molecule has 1 atom stereocenters. The zero-order chi connectivity index (χ0) is 24.1. The van der Waals surface area contributed by atoms with E-state index in [9.17, 15) is 14.4 Å². The molecule has 0 spiro atoms. The molecule has 3 amide bonds. The molecule has 1 aliphatic rings. The molecule has 1 aliphatic heterocycles. The van der Waals surface area contributed by atoms with Gasteiger partial charge in [-0.25, -0.2) is 0 Å². The van der Waals surface area contributed by atoms with Crippen molar-refractivity contribution < 1.29 is 19.1 Å². The van der Waals surface area contributed by atoms with E-state index in [0.717, 1.165) is 16.8 Å². The third-order valence-corrected chi connectivity index (χ3v) is 5.87. The number of anilines is 2. The summed E-state index contributed by atoms with van der Waals surface area (Å²) in [4.78, 5) is 38.9. The lowest BCUT2D eigenvalue weighted by Crippen LogP contribution is -2.31. The number of benzene rings is 3. The van der Waals surface area contributed by atoms with Crippen molar-refractivity contribution in [3.8, 4) is 0 Å². The molecule has 0 fully saturated rings. The Balaban J connectivity index is 1.51. The van der Waals surface area contributed by atoms with Crippen molar-refractivity contribution in [3.63, 3.8) is 0 Å². The molecule has 7 nitrogen and oxygen atoms in total. The van der Waals surface area contributed by atoms with Crippen molar-refractivity contribution in [1.82, 2.24) is 0 Å².